The van der Waals surface area contributed by atoms with Gasteiger partial charge >= 0.3 is 6.18 Å². The minimum absolute atomic E-state index is 0.0559. The molecule has 3 aromatic rings. The molecule has 2 heterocycles. The second kappa shape index (κ2) is 9.05. The molecule has 184 valence electrons. The summed E-state index contributed by atoms with van der Waals surface area (Å²) in [5, 5.41) is 13.6. The van der Waals surface area contributed by atoms with Crippen LogP contribution in [0.3, 0.4) is 0 Å². The highest BCUT2D eigenvalue weighted by atomic mass is 19.4. The van der Waals surface area contributed by atoms with Gasteiger partial charge in [-0.25, -0.2) is 4.68 Å². The number of para-hydroxylation sites is 2. The molecule has 1 unspecified atom stereocenters. The normalized spacial score (nSPS) is 17.0. The number of carbonyl (C=O) groups is 2. The predicted octanol–water partition coefficient (Wildman–Crippen LogP) is 4.07. The molecule has 11 heteroatoms. The molecule has 2 aromatic carbocycles. The van der Waals surface area contributed by atoms with E-state index in [0.29, 0.717) is 22.7 Å². The van der Waals surface area contributed by atoms with E-state index in [0.717, 1.165) is 12.1 Å². The number of fused-ring (bicyclic) bond motifs is 1. The van der Waals surface area contributed by atoms with Crippen LogP contribution in [0.25, 0.3) is 11.3 Å². The number of ether oxygens (including phenoxy) is 1. The molecule has 0 saturated heterocycles. The molecular weight excluding hydrogens is 463 g/mol. The lowest BCUT2D eigenvalue weighted by molar-refractivity contribution is -0.137. The number of hydrogen-bond donors (Lipinski definition) is 2. The summed E-state index contributed by atoms with van der Waals surface area (Å²) < 4.78 is 45.6. The van der Waals surface area contributed by atoms with Gasteiger partial charge in [0, 0.05) is 5.56 Å². The highest BCUT2D eigenvalue weighted by molar-refractivity contribution is 5.99. The average Bonchev–Trinajstić information content (AvgIpc) is 3.19. The molecule has 1 aromatic heterocycles. The smallest absolute Gasteiger partial charge is 0.416 e. The van der Waals surface area contributed by atoms with Crippen LogP contribution in [-0.4, -0.2) is 39.5 Å². The fraction of sp³-hybridized carbons (Fsp3) is 0.333. The maximum absolute atomic E-state index is 13.3. The molecule has 8 nitrogen and oxygen atoms in total. The van der Waals surface area contributed by atoms with E-state index in [9.17, 15) is 22.8 Å². The molecule has 2 amide bonds. The summed E-state index contributed by atoms with van der Waals surface area (Å²) in [6.45, 7) is 5.43. The molecule has 0 fully saturated rings. The van der Waals surface area contributed by atoms with Gasteiger partial charge in [0.05, 0.1) is 17.4 Å². The van der Waals surface area contributed by atoms with Gasteiger partial charge in [0.2, 0.25) is 5.91 Å². The van der Waals surface area contributed by atoms with E-state index in [4.69, 9.17) is 4.74 Å². The Bertz CT molecular complexity index is 1230. The Morgan fingerprint density at radius 3 is 2.49 bits per heavy atom. The number of nitrogens with zero attached hydrogens (tertiary/aromatic N) is 3. The first-order valence-electron chi connectivity index (χ1n) is 10.9. The molecule has 0 bridgehead atoms. The Morgan fingerprint density at radius 1 is 1.14 bits per heavy atom. The molecule has 35 heavy (non-hydrogen) atoms. The predicted molar refractivity (Wildman–Crippen MR) is 121 cm³/mol. The van der Waals surface area contributed by atoms with E-state index in [1.54, 1.807) is 24.3 Å². The second-order valence-corrected chi connectivity index (χ2v) is 9.29. The zero-order valence-corrected chi connectivity index (χ0v) is 19.3. The SMILES string of the molecule is CC(C)(C)C(C(=O)N[C@@H]1COc2ccccc2NC1=O)n1cc(-c2ccc(C(F)(F)F)cc2)nn1. The quantitative estimate of drug-likeness (QED) is 0.578. The van der Waals surface area contributed by atoms with Crippen molar-refractivity contribution in [3.05, 3.63) is 60.3 Å². The Labute approximate surface area is 199 Å². The summed E-state index contributed by atoms with van der Waals surface area (Å²) in [5.74, 6) is -0.390. The van der Waals surface area contributed by atoms with Crippen molar-refractivity contribution in [2.45, 2.75) is 39.0 Å². The number of carbonyl (C=O) groups excluding carboxylic acids is 2. The number of aromatic nitrogens is 3. The molecule has 0 spiro atoms. The highest BCUT2D eigenvalue weighted by Crippen LogP contribution is 2.33. The lowest BCUT2D eigenvalue weighted by Crippen LogP contribution is -2.50. The maximum atomic E-state index is 13.3. The van der Waals surface area contributed by atoms with Crippen molar-refractivity contribution in [3.8, 4) is 17.0 Å². The van der Waals surface area contributed by atoms with Crippen LogP contribution >= 0.6 is 0 Å². The number of anilines is 1. The van der Waals surface area contributed by atoms with Crippen LogP contribution in [0.4, 0.5) is 18.9 Å². The zero-order chi connectivity index (χ0) is 25.4. The first kappa shape index (κ1) is 24.2. The van der Waals surface area contributed by atoms with Gasteiger partial charge in [0.1, 0.15) is 30.1 Å². The number of halogens is 3. The fourth-order valence-electron chi connectivity index (χ4n) is 3.80. The number of alkyl halides is 3. The first-order valence-corrected chi connectivity index (χ1v) is 10.9. The lowest BCUT2D eigenvalue weighted by atomic mass is 9.86. The Morgan fingerprint density at radius 2 is 1.83 bits per heavy atom. The average molecular weight is 487 g/mol. The molecule has 0 saturated carbocycles. The van der Waals surface area contributed by atoms with E-state index < -0.39 is 41.1 Å². The molecule has 1 aliphatic rings. The van der Waals surface area contributed by atoms with Crippen molar-refractivity contribution in [2.75, 3.05) is 11.9 Å². The molecule has 0 radical (unpaired) electrons. The third-order valence-electron chi connectivity index (χ3n) is 5.53. The minimum atomic E-state index is -4.44. The van der Waals surface area contributed by atoms with Crippen molar-refractivity contribution in [2.24, 2.45) is 5.41 Å². The van der Waals surface area contributed by atoms with Gasteiger partial charge in [-0.3, -0.25) is 9.59 Å². The van der Waals surface area contributed by atoms with Crippen LogP contribution in [0, 0.1) is 5.41 Å². The van der Waals surface area contributed by atoms with Crippen molar-refractivity contribution < 1.29 is 27.5 Å². The van der Waals surface area contributed by atoms with Gasteiger partial charge < -0.3 is 15.4 Å². The topological polar surface area (TPSA) is 98.1 Å². The maximum Gasteiger partial charge on any atom is 0.416 e. The first-order chi connectivity index (χ1) is 16.4. The third kappa shape index (κ3) is 5.28. The molecule has 0 aliphatic carbocycles. The Kier molecular flexibility index (Phi) is 6.27. The van der Waals surface area contributed by atoms with Crippen LogP contribution in [0.15, 0.2) is 54.7 Å². The van der Waals surface area contributed by atoms with Crippen LogP contribution in [0.5, 0.6) is 5.75 Å². The molecule has 2 N–H and O–H groups in total. The van der Waals surface area contributed by atoms with E-state index in [-0.39, 0.29) is 6.61 Å². The van der Waals surface area contributed by atoms with Gasteiger partial charge in [-0.2, -0.15) is 13.2 Å². The summed E-state index contributed by atoms with van der Waals surface area (Å²) in [4.78, 5) is 26.0. The molecule has 4 rings (SSSR count). The highest BCUT2D eigenvalue weighted by Gasteiger charge is 2.37. The lowest BCUT2D eigenvalue weighted by Gasteiger charge is -2.30. The van der Waals surface area contributed by atoms with E-state index in [1.165, 1.54) is 23.0 Å². The van der Waals surface area contributed by atoms with Crippen LogP contribution in [0.2, 0.25) is 0 Å². The van der Waals surface area contributed by atoms with E-state index in [2.05, 4.69) is 20.9 Å². The summed E-state index contributed by atoms with van der Waals surface area (Å²) in [6, 6.07) is 9.67. The minimum Gasteiger partial charge on any atom is -0.489 e. The number of benzene rings is 2. The summed E-state index contributed by atoms with van der Waals surface area (Å²) in [6.07, 6.45) is -2.95. The van der Waals surface area contributed by atoms with Crippen LogP contribution < -0.4 is 15.4 Å². The summed E-state index contributed by atoms with van der Waals surface area (Å²) >= 11 is 0. The Hall–Kier alpha value is -3.89. The van der Waals surface area contributed by atoms with Gasteiger partial charge in [-0.15, -0.1) is 5.10 Å². The van der Waals surface area contributed by atoms with Crippen molar-refractivity contribution in [1.82, 2.24) is 20.3 Å². The second-order valence-electron chi connectivity index (χ2n) is 9.29. The van der Waals surface area contributed by atoms with E-state index >= 15 is 0 Å². The molecule has 1 aliphatic heterocycles. The largest absolute Gasteiger partial charge is 0.489 e. The molecule has 2 atom stereocenters. The monoisotopic (exact) mass is 487 g/mol. The van der Waals surface area contributed by atoms with Gasteiger partial charge in [0.25, 0.3) is 5.91 Å². The van der Waals surface area contributed by atoms with E-state index in [1.807, 2.05) is 20.8 Å². The zero-order valence-electron chi connectivity index (χ0n) is 19.3. The number of nitrogens with one attached hydrogen (secondary N) is 2. The summed E-state index contributed by atoms with van der Waals surface area (Å²) in [7, 11) is 0. The van der Waals surface area contributed by atoms with Crippen molar-refractivity contribution in [3.63, 3.8) is 0 Å². The van der Waals surface area contributed by atoms with Crippen molar-refractivity contribution >= 4 is 17.5 Å². The number of hydrogen-bond acceptors (Lipinski definition) is 5. The van der Waals surface area contributed by atoms with Crippen LogP contribution in [-0.2, 0) is 15.8 Å². The standard InChI is InChI=1S/C24H24F3N5O3/c1-23(2,3)20(22(34)29-18-13-35-19-7-5-4-6-16(19)28-21(18)33)32-12-17(30-31-32)14-8-10-15(11-9-14)24(25,26)27/h4-12,18,20H,13H2,1-3H3,(H,28,33)(H,29,34)/t18-,20?/m1/s1. The summed E-state index contributed by atoms with van der Waals surface area (Å²) in [5.41, 5.74) is -0.163. The number of amides is 2. The Balaban J connectivity index is 1.54. The van der Waals surface area contributed by atoms with Crippen molar-refractivity contribution in [1.29, 1.82) is 0 Å². The van der Waals surface area contributed by atoms with Gasteiger partial charge in [0.15, 0.2) is 0 Å². The third-order valence-corrected chi connectivity index (χ3v) is 5.53. The molecular formula is C24H24F3N5O3. The van der Waals surface area contributed by atoms with Gasteiger partial charge in [-0.1, -0.05) is 50.3 Å². The van der Waals surface area contributed by atoms with Crippen LogP contribution in [0.1, 0.15) is 32.4 Å². The fourth-order valence-corrected chi connectivity index (χ4v) is 3.80. The number of rotatable bonds is 4. The van der Waals surface area contributed by atoms with Gasteiger partial charge in [-0.05, 0) is 29.7 Å².